The molecule has 0 aliphatic rings. The summed E-state index contributed by atoms with van der Waals surface area (Å²) < 4.78 is 82.4. The number of amides is 1. The maximum Gasteiger partial charge on any atom is 0.433 e. The Morgan fingerprint density at radius 3 is 2.53 bits per heavy atom. The fourth-order valence-corrected chi connectivity index (χ4v) is 3.05. The van der Waals surface area contributed by atoms with Gasteiger partial charge in [0.1, 0.15) is 22.6 Å². The summed E-state index contributed by atoms with van der Waals surface area (Å²) >= 11 is 0. The van der Waals surface area contributed by atoms with E-state index in [0.29, 0.717) is 10.7 Å². The molecule has 0 aliphatic heterocycles. The molecule has 1 amide bonds. The van der Waals surface area contributed by atoms with Gasteiger partial charge >= 0.3 is 12.4 Å². The molecule has 4 heterocycles. The largest absolute Gasteiger partial charge is 0.433 e. The number of carbonyl (C=O) groups is 1. The second-order valence-corrected chi connectivity index (χ2v) is 6.44. The van der Waals surface area contributed by atoms with Gasteiger partial charge in [0.15, 0.2) is 5.65 Å². The van der Waals surface area contributed by atoms with Crippen molar-refractivity contribution in [3.8, 4) is 11.3 Å². The highest BCUT2D eigenvalue weighted by atomic mass is 19.4. The summed E-state index contributed by atoms with van der Waals surface area (Å²) in [4.78, 5) is 15.8. The molecule has 0 atom stereocenters. The van der Waals surface area contributed by atoms with E-state index >= 15 is 0 Å². The molecule has 1 N–H and O–H groups in total. The zero-order valence-corrected chi connectivity index (χ0v) is 15.8. The van der Waals surface area contributed by atoms with Crippen LogP contribution >= 0.6 is 0 Å². The number of anilines is 1. The smallest absolute Gasteiger partial charge is 0.321 e. The monoisotopic (exact) mass is 456 g/mol. The average Bonchev–Trinajstić information content (AvgIpc) is 3.31. The lowest BCUT2D eigenvalue weighted by molar-refractivity contribution is -0.141. The Labute approximate surface area is 173 Å². The summed E-state index contributed by atoms with van der Waals surface area (Å²) in [6.07, 6.45) is -7.66. The number of nitrogens with zero attached hydrogens (tertiary/aromatic N) is 7. The summed E-state index contributed by atoms with van der Waals surface area (Å²) in [5.41, 5.74) is -4.75. The predicted octanol–water partition coefficient (Wildman–Crippen LogP) is 3.21. The van der Waals surface area contributed by atoms with Gasteiger partial charge in [0, 0.05) is 30.7 Å². The number of aryl methyl sites for hydroxylation is 1. The van der Waals surface area contributed by atoms with Crippen LogP contribution in [0.5, 0.6) is 0 Å². The third-order valence-corrected chi connectivity index (χ3v) is 4.33. The van der Waals surface area contributed by atoms with Crippen LogP contribution in [-0.4, -0.2) is 40.7 Å². The summed E-state index contributed by atoms with van der Waals surface area (Å²) in [7, 11) is 1.10. The van der Waals surface area contributed by atoms with Gasteiger partial charge in [-0.2, -0.15) is 36.0 Å². The van der Waals surface area contributed by atoms with E-state index in [0.717, 1.165) is 23.8 Å². The number of carbonyl (C=O) groups excluding carboxylic acids is 1. The van der Waals surface area contributed by atoms with Crippen molar-refractivity contribution in [3.05, 3.63) is 53.6 Å². The van der Waals surface area contributed by atoms with Crippen LogP contribution in [-0.2, 0) is 19.4 Å². The number of rotatable bonds is 3. The SMILES string of the molecule is Cn1nc(-c2cccn3nnnc23)c(C(F)(F)F)c1C(=O)Nc1ccnc(C(F)(F)F)c1. The van der Waals surface area contributed by atoms with Crippen molar-refractivity contribution in [2.24, 2.45) is 7.05 Å². The summed E-state index contributed by atoms with van der Waals surface area (Å²) in [5.74, 6) is -1.32. The van der Waals surface area contributed by atoms with Crippen LogP contribution in [0.4, 0.5) is 32.0 Å². The first-order chi connectivity index (χ1) is 15.0. The number of alkyl halides is 6. The Bertz CT molecular complexity index is 1320. The maximum absolute atomic E-state index is 14.0. The van der Waals surface area contributed by atoms with Crippen molar-refractivity contribution < 1.29 is 31.1 Å². The number of nitrogens with one attached hydrogen (secondary N) is 1. The first kappa shape index (κ1) is 21.2. The van der Waals surface area contributed by atoms with Crippen molar-refractivity contribution in [2.75, 3.05) is 5.32 Å². The number of aromatic nitrogens is 7. The van der Waals surface area contributed by atoms with Crippen LogP contribution < -0.4 is 5.32 Å². The number of halogens is 6. The van der Waals surface area contributed by atoms with Gasteiger partial charge < -0.3 is 5.32 Å². The minimum atomic E-state index is -5.04. The van der Waals surface area contributed by atoms with Crippen LogP contribution in [0, 0.1) is 0 Å². The standard InChI is InChI=1S/C17H10F6N8O/c1-30-13(15(32)25-8-4-5-24-10(7-8)16(18,19)20)11(17(21,22)23)12(27-30)9-3-2-6-31-14(9)26-28-29-31/h2-7H,1H3,(H,24,25,32). The van der Waals surface area contributed by atoms with Crippen LogP contribution in [0.1, 0.15) is 21.7 Å². The van der Waals surface area contributed by atoms with Crippen molar-refractivity contribution in [1.29, 1.82) is 0 Å². The van der Waals surface area contributed by atoms with Crippen LogP contribution in [0.2, 0.25) is 0 Å². The van der Waals surface area contributed by atoms with Crippen molar-refractivity contribution in [1.82, 2.24) is 34.8 Å². The molecular formula is C17H10F6N8O. The first-order valence-electron chi connectivity index (χ1n) is 8.62. The highest BCUT2D eigenvalue weighted by Gasteiger charge is 2.43. The highest BCUT2D eigenvalue weighted by Crippen LogP contribution is 2.40. The minimum absolute atomic E-state index is 0.0352. The summed E-state index contributed by atoms with van der Waals surface area (Å²) in [6.45, 7) is 0. The predicted molar refractivity (Wildman–Crippen MR) is 95.2 cm³/mol. The molecule has 0 aliphatic carbocycles. The van der Waals surface area contributed by atoms with Crippen LogP contribution in [0.15, 0.2) is 36.7 Å². The normalized spacial score (nSPS) is 12.3. The molecule has 4 rings (SSSR count). The molecule has 166 valence electrons. The van der Waals surface area contributed by atoms with Gasteiger partial charge in [0.05, 0.1) is 0 Å². The molecule has 0 aromatic carbocycles. The van der Waals surface area contributed by atoms with Gasteiger partial charge in [-0.05, 0) is 34.7 Å². The zero-order chi connectivity index (χ0) is 23.3. The molecule has 9 nitrogen and oxygen atoms in total. The van der Waals surface area contributed by atoms with E-state index in [1.54, 1.807) is 0 Å². The molecule has 0 bridgehead atoms. The van der Waals surface area contributed by atoms with Gasteiger partial charge in [-0.1, -0.05) is 0 Å². The molecule has 0 fully saturated rings. The lowest BCUT2D eigenvalue weighted by atomic mass is 10.1. The number of fused-ring (bicyclic) bond motifs is 1. The molecule has 4 aromatic heterocycles. The Morgan fingerprint density at radius 2 is 1.84 bits per heavy atom. The molecular weight excluding hydrogens is 446 g/mol. The van der Waals surface area contributed by atoms with E-state index in [1.165, 1.54) is 18.3 Å². The quantitative estimate of drug-likeness (QED) is 0.475. The van der Waals surface area contributed by atoms with Crippen molar-refractivity contribution in [2.45, 2.75) is 12.4 Å². The Hall–Kier alpha value is -4.04. The van der Waals surface area contributed by atoms with Gasteiger partial charge in [0.2, 0.25) is 0 Å². The van der Waals surface area contributed by atoms with E-state index in [2.05, 4.69) is 25.6 Å². The number of hydrogen-bond donors (Lipinski definition) is 1. The molecule has 0 unspecified atom stereocenters. The van der Waals surface area contributed by atoms with Gasteiger partial charge in [0.25, 0.3) is 5.91 Å². The van der Waals surface area contributed by atoms with Gasteiger partial charge in [-0.3, -0.25) is 14.5 Å². The Kier molecular flexibility index (Phi) is 4.82. The van der Waals surface area contributed by atoms with E-state index < -0.39 is 46.6 Å². The van der Waals surface area contributed by atoms with E-state index in [9.17, 15) is 31.1 Å². The third-order valence-electron chi connectivity index (χ3n) is 4.33. The van der Waals surface area contributed by atoms with Gasteiger partial charge in [-0.15, -0.1) is 5.10 Å². The topological polar surface area (TPSA) is 103 Å². The fraction of sp³-hybridized carbons (Fsp3) is 0.176. The van der Waals surface area contributed by atoms with Crippen molar-refractivity contribution >= 4 is 17.2 Å². The molecule has 0 radical (unpaired) electrons. The molecule has 0 saturated heterocycles. The third kappa shape index (κ3) is 3.72. The molecule has 15 heteroatoms. The van der Waals surface area contributed by atoms with Crippen LogP contribution in [0.3, 0.4) is 0 Å². The Morgan fingerprint density at radius 1 is 1.09 bits per heavy atom. The lowest BCUT2D eigenvalue weighted by Gasteiger charge is -2.12. The second kappa shape index (κ2) is 7.28. The minimum Gasteiger partial charge on any atom is -0.321 e. The fourth-order valence-electron chi connectivity index (χ4n) is 3.05. The highest BCUT2D eigenvalue weighted by molar-refractivity contribution is 6.05. The zero-order valence-electron chi connectivity index (χ0n) is 15.8. The second-order valence-electron chi connectivity index (χ2n) is 6.44. The average molecular weight is 456 g/mol. The summed E-state index contributed by atoms with van der Waals surface area (Å²) in [5, 5.41) is 16.5. The van der Waals surface area contributed by atoms with E-state index in [4.69, 9.17) is 0 Å². The van der Waals surface area contributed by atoms with Crippen LogP contribution in [0.25, 0.3) is 16.9 Å². The maximum atomic E-state index is 14.0. The number of hydrogen-bond acceptors (Lipinski definition) is 6. The first-order valence-corrected chi connectivity index (χ1v) is 8.62. The number of tetrazole rings is 1. The molecule has 0 spiro atoms. The lowest BCUT2D eigenvalue weighted by Crippen LogP contribution is -2.21. The van der Waals surface area contributed by atoms with E-state index in [-0.39, 0.29) is 11.2 Å². The molecule has 4 aromatic rings. The Balaban J connectivity index is 1.82. The summed E-state index contributed by atoms with van der Waals surface area (Å²) in [6, 6.07) is 4.21. The molecule has 0 saturated carbocycles. The van der Waals surface area contributed by atoms with E-state index in [1.807, 2.05) is 5.32 Å². The molecule has 32 heavy (non-hydrogen) atoms. The van der Waals surface area contributed by atoms with Crippen molar-refractivity contribution in [3.63, 3.8) is 0 Å². The van der Waals surface area contributed by atoms with Gasteiger partial charge in [-0.25, -0.2) is 0 Å². The number of pyridine rings is 2.